The molecule has 12 rings (SSSR count). The molecular weight excluding hydrogens is 1310 g/mol. The van der Waals surface area contributed by atoms with Gasteiger partial charge in [0.05, 0.1) is 49.0 Å². The zero-order valence-electron chi connectivity index (χ0n) is 53.3. The van der Waals surface area contributed by atoms with Gasteiger partial charge in [-0.25, -0.2) is 35.0 Å². The molecule has 3 saturated carbocycles. The van der Waals surface area contributed by atoms with Crippen molar-refractivity contribution < 1.29 is 60.3 Å². The largest absolute Gasteiger partial charge is 0.471 e. The van der Waals surface area contributed by atoms with Crippen LogP contribution in [0, 0.1) is 29.6 Å². The van der Waals surface area contributed by atoms with Gasteiger partial charge in [-0.15, -0.1) is 0 Å². The first-order chi connectivity index (χ1) is 47.0. The number of nitrogens with zero attached hydrogens (tertiary/aromatic N) is 12. The van der Waals surface area contributed by atoms with E-state index >= 15 is 0 Å². The first-order valence-corrected chi connectivity index (χ1v) is 33.2. The number of carbonyl (C=O) groups is 4. The second kappa shape index (κ2) is 34.1. The van der Waals surface area contributed by atoms with E-state index in [4.69, 9.17) is 21.8 Å². The molecular formula is C67H74ClF3N16O10S. The van der Waals surface area contributed by atoms with Gasteiger partial charge < -0.3 is 31.3 Å². The summed E-state index contributed by atoms with van der Waals surface area (Å²) in [6, 6.07) is 34.2. The maximum Gasteiger partial charge on any atom is 0.471 e. The van der Waals surface area contributed by atoms with E-state index in [-0.39, 0.29) is 89.0 Å². The molecule has 0 bridgehead atoms. The van der Waals surface area contributed by atoms with Gasteiger partial charge in [-0.05, 0) is 97.1 Å². The molecule has 6 heterocycles. The van der Waals surface area contributed by atoms with Gasteiger partial charge in [-0.3, -0.25) is 37.4 Å². The van der Waals surface area contributed by atoms with Crippen LogP contribution in [0.25, 0.3) is 0 Å². The highest BCUT2D eigenvalue weighted by molar-refractivity contribution is 7.84. The average molecular weight is 1390 g/mol. The van der Waals surface area contributed by atoms with E-state index in [2.05, 4.69) is 66.9 Å². The molecule has 0 aliphatic heterocycles. The van der Waals surface area contributed by atoms with Gasteiger partial charge in [-0.2, -0.15) is 36.9 Å². The Balaban J connectivity index is 0.000000159. The van der Waals surface area contributed by atoms with Crippen molar-refractivity contribution in [2.45, 2.75) is 102 Å². The highest BCUT2D eigenvalue weighted by Crippen LogP contribution is 2.35. The van der Waals surface area contributed by atoms with Crippen LogP contribution in [-0.2, 0) is 38.9 Å². The van der Waals surface area contributed by atoms with E-state index in [0.717, 1.165) is 29.5 Å². The number of halogens is 4. The summed E-state index contributed by atoms with van der Waals surface area (Å²) in [4.78, 5) is 73.2. The van der Waals surface area contributed by atoms with E-state index < -0.39 is 40.5 Å². The van der Waals surface area contributed by atoms with E-state index in [9.17, 15) is 51.0 Å². The summed E-state index contributed by atoms with van der Waals surface area (Å²) >= 11 is 5.90. The van der Waals surface area contributed by atoms with Crippen LogP contribution in [0.4, 0.5) is 24.8 Å². The molecule has 9 aromatic rings. The van der Waals surface area contributed by atoms with Gasteiger partial charge in [-0.1, -0.05) is 116 Å². The number of aliphatic hydroxyl groups is 3. The molecule has 31 heteroatoms. The number of hydrogen-bond acceptors (Lipinski definition) is 21. The molecule has 3 aliphatic rings. The molecule has 98 heavy (non-hydrogen) atoms. The van der Waals surface area contributed by atoms with Crippen molar-refractivity contribution in [3.05, 3.63) is 221 Å². The first-order valence-electron chi connectivity index (χ1n) is 31.4. The first kappa shape index (κ1) is 72.7. The van der Waals surface area contributed by atoms with Crippen molar-refractivity contribution in [3.63, 3.8) is 0 Å². The Morgan fingerprint density at radius 2 is 0.939 bits per heavy atom. The number of anilines is 2. The molecule has 3 fully saturated rings. The van der Waals surface area contributed by atoms with Crippen LogP contribution in [0.1, 0.15) is 117 Å². The number of ketones is 3. The minimum absolute atomic E-state index is 0.0106. The molecule has 6 aromatic heterocycles. The molecule has 1 unspecified atom stereocenters. The van der Waals surface area contributed by atoms with Crippen molar-refractivity contribution in [1.29, 1.82) is 0 Å². The number of amides is 1. The van der Waals surface area contributed by atoms with Gasteiger partial charge in [0.15, 0.2) is 0 Å². The zero-order chi connectivity index (χ0) is 69.9. The van der Waals surface area contributed by atoms with E-state index in [1.54, 1.807) is 44.6 Å². The third-order valence-corrected chi connectivity index (χ3v) is 17.7. The van der Waals surface area contributed by atoms with Crippen LogP contribution in [0.5, 0.6) is 0 Å². The lowest BCUT2D eigenvalue weighted by atomic mass is 10.00. The van der Waals surface area contributed by atoms with Crippen LogP contribution in [0.2, 0.25) is 5.15 Å². The fourth-order valence-corrected chi connectivity index (χ4v) is 12.3. The molecule has 26 nitrogen and oxygen atoms in total. The lowest BCUT2D eigenvalue weighted by Crippen LogP contribution is -2.42. The van der Waals surface area contributed by atoms with Crippen molar-refractivity contribution in [3.8, 4) is 0 Å². The molecule has 0 radical (unpaired) electrons. The average Bonchev–Trinajstić information content (AvgIpc) is 1.63. The van der Waals surface area contributed by atoms with Crippen LogP contribution in [0.3, 0.4) is 0 Å². The Morgan fingerprint density at radius 1 is 0.561 bits per heavy atom. The number of hydrogen-bond donors (Lipinski definition) is 7. The summed E-state index contributed by atoms with van der Waals surface area (Å²) in [5.74, 6) is -1.44. The van der Waals surface area contributed by atoms with Gasteiger partial charge in [0.1, 0.15) is 52.9 Å². The minimum Gasteiger partial charge on any atom is -0.396 e. The van der Waals surface area contributed by atoms with E-state index in [0.29, 0.717) is 79.8 Å². The van der Waals surface area contributed by atoms with Crippen molar-refractivity contribution >= 4 is 56.8 Å². The smallest absolute Gasteiger partial charge is 0.396 e. The summed E-state index contributed by atoms with van der Waals surface area (Å²) in [6.07, 6.45) is 11.6. The summed E-state index contributed by atoms with van der Waals surface area (Å²) in [6.45, 7) is 5.68. The van der Waals surface area contributed by atoms with Crippen LogP contribution in [0.15, 0.2) is 165 Å². The maximum atomic E-state index is 13.1. The normalized spacial score (nSPS) is 20.3. The number of nitrogens with one attached hydrogen (secondary N) is 3. The van der Waals surface area contributed by atoms with Crippen molar-refractivity contribution in [1.82, 2.24) is 64.6 Å². The summed E-state index contributed by atoms with van der Waals surface area (Å²) in [5, 5.41) is 55.2. The molecule has 8 N–H and O–H groups in total. The predicted molar refractivity (Wildman–Crippen MR) is 353 cm³/mol. The number of aliphatic hydroxyl groups excluding tert-OH is 3. The van der Waals surface area contributed by atoms with Gasteiger partial charge in [0, 0.05) is 74.4 Å². The third-order valence-electron chi connectivity index (χ3n) is 16.9. The molecule has 1 amide bonds. The van der Waals surface area contributed by atoms with Gasteiger partial charge in [0.2, 0.25) is 17.3 Å². The number of benzene rings is 3. The maximum absolute atomic E-state index is 13.1. The van der Waals surface area contributed by atoms with E-state index in [1.165, 1.54) is 37.6 Å². The number of carbonyl (C=O) groups excluding carboxylic acids is 4. The Bertz CT molecular complexity index is 4210. The van der Waals surface area contributed by atoms with Crippen LogP contribution in [-0.4, -0.2) is 156 Å². The number of nitrogens with two attached hydrogens (primary N) is 1. The van der Waals surface area contributed by atoms with Crippen molar-refractivity contribution in [2.24, 2.45) is 34.7 Å². The summed E-state index contributed by atoms with van der Waals surface area (Å²) in [7, 11) is -4.08. The predicted octanol–water partition coefficient (Wildman–Crippen LogP) is 7.17. The van der Waals surface area contributed by atoms with Gasteiger partial charge in [0.25, 0.3) is 0 Å². The van der Waals surface area contributed by atoms with Crippen LogP contribution < -0.4 is 21.1 Å². The molecule has 3 aliphatic carbocycles. The monoisotopic (exact) mass is 1390 g/mol. The quantitative estimate of drug-likeness (QED) is 0.0261. The highest BCUT2D eigenvalue weighted by Gasteiger charge is 2.42. The Labute approximate surface area is 567 Å². The summed E-state index contributed by atoms with van der Waals surface area (Å²) in [5.41, 5.74) is 5.16. The standard InChI is InChI=1S/C22H25N5O2.C21H24N6O5S.C15H11ClN4O.C9H14F3NO2/c1-15-9-18(10-17(15)13-28)25-22-19(11-23-14-24-22)21(29)20-7-8-27(26-20)12-16-5-3-2-4-6-16;22-33(30,31)32-12-15-8-16(9-19(15)28)25-21-17(10-23-13-24-21)20(29)18-6-7-27(26-18)11-14-4-2-1-3-5-14;16-15-12(8-17-10-18-15)14(21)13-6-7-20(19-13)9-11-4-2-1-3-5-11;1-5-2-7(3-6(5)4-14)13-8(15)9(10,11)12/h2-8,11,14-15,17-18,28H,9-10,12-13H2,1H3,(H,23,24,25);1-7,10,13,15-16,19,28H,8-9,11-12H2,(H2,22,30,31)(H,23,24,25);1-8,10H,9H2;5-7,14H,2-4H2,1H3,(H,13,15)/t15-,17+,18-;15-,16-,19?;;5-,6+,7-/m01.0/s1. The number of aromatic nitrogens is 12. The zero-order valence-corrected chi connectivity index (χ0v) is 54.9. The molecule has 0 spiro atoms. The lowest BCUT2D eigenvalue weighted by Gasteiger charge is -2.15. The summed E-state index contributed by atoms with van der Waals surface area (Å²) < 4.78 is 67.6. The Kier molecular flexibility index (Phi) is 25.3. The molecule has 9 atom stereocenters. The lowest BCUT2D eigenvalue weighted by molar-refractivity contribution is -0.174. The molecule has 3 aromatic carbocycles. The second-order valence-electron chi connectivity index (χ2n) is 24.1. The van der Waals surface area contributed by atoms with Gasteiger partial charge >= 0.3 is 22.4 Å². The van der Waals surface area contributed by atoms with Crippen LogP contribution >= 0.6 is 11.6 Å². The fourth-order valence-electron chi connectivity index (χ4n) is 11.8. The molecule has 0 saturated heterocycles. The molecule has 516 valence electrons. The number of rotatable bonds is 22. The highest BCUT2D eigenvalue weighted by atomic mass is 35.5. The SMILES string of the molecule is C[C@H]1C[C@H](NC(=O)C(F)(F)F)C[C@@H]1CO.C[C@H]1C[C@H](Nc2ncncc2C(=O)c2ccn(Cc3ccccc3)n2)C[C@@H]1CO.NS(=O)(=O)OC[C@H]1C[C@@H](Nc2ncncc2C(=O)c2ccn(Cc3ccccc3)n2)CC1O.O=C(c1ccn(Cc2ccccc2)n1)c1cncnc1Cl. The Hall–Kier alpha value is -9.56. The van der Waals surface area contributed by atoms with E-state index in [1.807, 2.05) is 109 Å². The third kappa shape index (κ3) is 20.7. The second-order valence-corrected chi connectivity index (χ2v) is 25.7. The van der Waals surface area contributed by atoms with Crippen molar-refractivity contribution in [2.75, 3.05) is 30.5 Å². The fraction of sp³-hybridized carbons (Fsp3) is 0.358. The minimum atomic E-state index is -4.82. The number of alkyl halides is 3. The Morgan fingerprint density at radius 3 is 1.34 bits per heavy atom. The topological polar surface area (TPSA) is 365 Å².